The number of halogens is 2. The van der Waals surface area contributed by atoms with Crippen molar-refractivity contribution in [2.24, 2.45) is 10.2 Å². The molecule has 7 nitrogen and oxygen atoms in total. The van der Waals surface area contributed by atoms with Crippen LogP contribution in [0.3, 0.4) is 0 Å². The van der Waals surface area contributed by atoms with Gasteiger partial charge in [-0.1, -0.05) is 41.0 Å². The molecular weight excluding hydrogens is 447 g/mol. The Labute approximate surface area is 187 Å². The molecule has 10 heteroatoms. The second kappa shape index (κ2) is 9.97. The van der Waals surface area contributed by atoms with Crippen LogP contribution in [0.4, 0.5) is 5.69 Å². The molecule has 0 spiro atoms. The fourth-order valence-electron chi connectivity index (χ4n) is 2.57. The number of hydrogen-bond donors (Lipinski definition) is 2. The number of methoxy groups -OCH3 is 1. The average molecular weight is 465 g/mol. The van der Waals surface area contributed by atoms with Crippen molar-refractivity contribution in [1.82, 2.24) is 5.32 Å². The molecule has 1 saturated heterocycles. The lowest BCUT2D eigenvalue weighted by atomic mass is 10.1. The lowest BCUT2D eigenvalue weighted by molar-refractivity contribution is -0.122. The van der Waals surface area contributed by atoms with E-state index < -0.39 is 5.25 Å². The summed E-state index contributed by atoms with van der Waals surface area (Å²) in [5.74, 6) is 0.0889. The van der Waals surface area contributed by atoms with Crippen molar-refractivity contribution in [3.63, 3.8) is 0 Å². The molecule has 1 heterocycles. The summed E-state index contributed by atoms with van der Waals surface area (Å²) in [6.45, 7) is 1.81. The van der Waals surface area contributed by atoms with E-state index in [0.717, 1.165) is 23.1 Å². The number of anilines is 1. The summed E-state index contributed by atoms with van der Waals surface area (Å²) in [7, 11) is 1.60. The zero-order valence-electron chi connectivity index (χ0n) is 16.1. The summed E-state index contributed by atoms with van der Waals surface area (Å²) in [5.41, 5.74) is 1.95. The van der Waals surface area contributed by atoms with Gasteiger partial charge in [0.05, 0.1) is 28.6 Å². The minimum Gasteiger partial charge on any atom is -0.497 e. The minimum absolute atomic E-state index is 0.0421. The standard InChI is InChI=1S/C20H18Cl2N4O3S/c1-11(12-6-8-13(29-2)9-7-12)25-26-20-24-19(28)16(30-20)10-17(27)23-15-5-3-4-14(21)18(15)22/h3-9,16H,10H2,1-2H3,(H,23,27)(H,24,26,28)/b25-11-/t16-/m1/s1. The van der Waals surface area contributed by atoms with Crippen molar-refractivity contribution < 1.29 is 14.3 Å². The number of nitrogens with zero attached hydrogens (tertiary/aromatic N) is 2. The number of amidine groups is 1. The Hall–Kier alpha value is -2.55. The predicted octanol–water partition coefficient (Wildman–Crippen LogP) is 4.34. The zero-order valence-corrected chi connectivity index (χ0v) is 18.4. The van der Waals surface area contributed by atoms with Crippen molar-refractivity contribution in [1.29, 1.82) is 0 Å². The highest BCUT2D eigenvalue weighted by atomic mass is 35.5. The highest BCUT2D eigenvalue weighted by molar-refractivity contribution is 8.15. The number of carbonyl (C=O) groups excluding carboxylic acids is 2. The Morgan fingerprint density at radius 2 is 1.97 bits per heavy atom. The molecule has 1 aliphatic heterocycles. The van der Waals surface area contributed by atoms with Gasteiger partial charge in [-0.15, -0.1) is 5.10 Å². The number of carbonyl (C=O) groups is 2. The number of hydrogen-bond acceptors (Lipinski definition) is 6. The Morgan fingerprint density at radius 1 is 1.23 bits per heavy atom. The Morgan fingerprint density at radius 3 is 2.67 bits per heavy atom. The summed E-state index contributed by atoms with van der Waals surface area (Å²) in [5, 5.41) is 13.9. The van der Waals surface area contributed by atoms with Gasteiger partial charge in [-0.05, 0) is 48.9 Å². The van der Waals surface area contributed by atoms with E-state index in [1.165, 1.54) is 0 Å². The summed E-state index contributed by atoms with van der Waals surface area (Å²) in [6, 6.07) is 12.3. The number of nitrogens with one attached hydrogen (secondary N) is 2. The monoisotopic (exact) mass is 464 g/mol. The highest BCUT2D eigenvalue weighted by Crippen LogP contribution is 2.30. The molecule has 0 bridgehead atoms. The number of thioether (sulfide) groups is 1. The van der Waals surface area contributed by atoms with Crippen LogP contribution in [0.1, 0.15) is 18.9 Å². The van der Waals surface area contributed by atoms with Gasteiger partial charge in [-0.2, -0.15) is 5.10 Å². The lowest BCUT2D eigenvalue weighted by Crippen LogP contribution is -2.28. The van der Waals surface area contributed by atoms with Crippen LogP contribution in [0.25, 0.3) is 0 Å². The first-order valence-electron chi connectivity index (χ1n) is 8.85. The Balaban J connectivity index is 1.61. The van der Waals surface area contributed by atoms with Gasteiger partial charge in [0.15, 0.2) is 5.17 Å². The van der Waals surface area contributed by atoms with Gasteiger partial charge in [0, 0.05) is 6.42 Å². The average Bonchev–Trinajstić information content (AvgIpc) is 3.08. The molecule has 0 aromatic heterocycles. The van der Waals surface area contributed by atoms with Gasteiger partial charge in [0.2, 0.25) is 11.8 Å². The third kappa shape index (κ3) is 5.53. The molecule has 2 aromatic carbocycles. The first kappa shape index (κ1) is 22.1. The van der Waals surface area contributed by atoms with Gasteiger partial charge in [0.1, 0.15) is 11.0 Å². The maximum absolute atomic E-state index is 12.3. The largest absolute Gasteiger partial charge is 0.497 e. The van der Waals surface area contributed by atoms with Crippen LogP contribution >= 0.6 is 35.0 Å². The second-order valence-corrected chi connectivity index (χ2v) is 8.25. The fourth-order valence-corrected chi connectivity index (χ4v) is 3.83. The first-order valence-corrected chi connectivity index (χ1v) is 10.5. The smallest absolute Gasteiger partial charge is 0.240 e. The van der Waals surface area contributed by atoms with Crippen molar-refractivity contribution in [3.05, 3.63) is 58.1 Å². The summed E-state index contributed by atoms with van der Waals surface area (Å²) in [4.78, 5) is 24.5. The maximum Gasteiger partial charge on any atom is 0.240 e. The molecule has 2 amide bonds. The van der Waals surface area contributed by atoms with Crippen LogP contribution < -0.4 is 15.4 Å². The molecule has 0 unspecified atom stereocenters. The van der Waals surface area contributed by atoms with Gasteiger partial charge in [-0.3, -0.25) is 9.59 Å². The van der Waals surface area contributed by atoms with Gasteiger partial charge >= 0.3 is 0 Å². The molecule has 0 saturated carbocycles. The minimum atomic E-state index is -0.613. The first-order chi connectivity index (χ1) is 14.4. The van der Waals surface area contributed by atoms with Crippen LogP contribution in [0.2, 0.25) is 10.0 Å². The molecule has 0 radical (unpaired) electrons. The summed E-state index contributed by atoms with van der Waals surface area (Å²) >= 11 is 13.2. The third-order valence-corrected chi connectivity index (χ3v) is 6.06. The van der Waals surface area contributed by atoms with Crippen molar-refractivity contribution in [2.75, 3.05) is 12.4 Å². The molecule has 1 aliphatic rings. The van der Waals surface area contributed by atoms with Crippen molar-refractivity contribution in [3.8, 4) is 5.75 Å². The van der Waals surface area contributed by atoms with E-state index in [0.29, 0.717) is 21.6 Å². The highest BCUT2D eigenvalue weighted by Gasteiger charge is 2.32. The van der Waals surface area contributed by atoms with Crippen LogP contribution in [-0.4, -0.2) is 35.1 Å². The molecule has 1 fully saturated rings. The molecule has 1 atom stereocenters. The quantitative estimate of drug-likeness (QED) is 0.491. The molecule has 156 valence electrons. The number of rotatable bonds is 6. The van der Waals surface area contributed by atoms with Crippen LogP contribution in [0.5, 0.6) is 5.75 Å². The van der Waals surface area contributed by atoms with E-state index in [9.17, 15) is 9.59 Å². The van der Waals surface area contributed by atoms with Crippen LogP contribution in [0, 0.1) is 0 Å². The number of ether oxygens (including phenoxy) is 1. The second-order valence-electron chi connectivity index (χ2n) is 6.27. The van der Waals surface area contributed by atoms with Crippen molar-refractivity contribution >= 4 is 63.3 Å². The molecule has 3 rings (SSSR count). The molecular formula is C20H18Cl2N4O3S. The van der Waals surface area contributed by atoms with Crippen LogP contribution in [-0.2, 0) is 9.59 Å². The molecule has 2 N–H and O–H groups in total. The molecule has 2 aromatic rings. The normalized spacial score (nSPS) is 17.7. The van der Waals surface area contributed by atoms with E-state index in [-0.39, 0.29) is 23.3 Å². The van der Waals surface area contributed by atoms with Gasteiger partial charge in [-0.25, -0.2) is 0 Å². The Kier molecular flexibility index (Phi) is 7.36. The Bertz CT molecular complexity index is 1030. The van der Waals surface area contributed by atoms with E-state index >= 15 is 0 Å². The third-order valence-electron chi connectivity index (χ3n) is 4.17. The maximum atomic E-state index is 12.3. The lowest BCUT2D eigenvalue weighted by Gasteiger charge is -2.09. The van der Waals surface area contributed by atoms with Gasteiger partial charge in [0.25, 0.3) is 0 Å². The van der Waals surface area contributed by atoms with Gasteiger partial charge < -0.3 is 15.4 Å². The fraction of sp³-hybridized carbons (Fsp3) is 0.200. The van der Waals surface area contributed by atoms with E-state index in [2.05, 4.69) is 20.8 Å². The number of amides is 2. The number of benzene rings is 2. The van der Waals surface area contributed by atoms with E-state index in [1.807, 2.05) is 31.2 Å². The van der Waals surface area contributed by atoms with Crippen LogP contribution in [0.15, 0.2) is 52.7 Å². The summed E-state index contributed by atoms with van der Waals surface area (Å²) < 4.78 is 5.13. The van der Waals surface area contributed by atoms with Crippen molar-refractivity contribution in [2.45, 2.75) is 18.6 Å². The molecule has 30 heavy (non-hydrogen) atoms. The van der Waals surface area contributed by atoms with E-state index in [1.54, 1.807) is 25.3 Å². The predicted molar refractivity (Wildman–Crippen MR) is 122 cm³/mol. The SMILES string of the molecule is COc1ccc(/C(C)=N\N=C2/NC(=O)[C@@H](CC(=O)Nc3cccc(Cl)c3Cl)S2)cc1. The summed E-state index contributed by atoms with van der Waals surface area (Å²) in [6.07, 6.45) is -0.0421. The molecule has 0 aliphatic carbocycles. The van der Waals surface area contributed by atoms with E-state index in [4.69, 9.17) is 27.9 Å². The zero-order chi connectivity index (χ0) is 21.7. The topological polar surface area (TPSA) is 92.2 Å².